The molecule has 0 spiro atoms. The van der Waals surface area contributed by atoms with E-state index in [4.69, 9.17) is 14.7 Å². The van der Waals surface area contributed by atoms with Crippen LogP contribution in [-0.2, 0) is 24.1 Å². The lowest BCUT2D eigenvalue weighted by atomic mass is 9.78. The minimum absolute atomic E-state index is 0.515. The van der Waals surface area contributed by atoms with Crippen molar-refractivity contribution >= 4 is 27.4 Å². The van der Waals surface area contributed by atoms with Gasteiger partial charge in [-0.2, -0.15) is 0 Å². The standard InChI is InChI=1S/C24H36N4OS/c1-15-7-8-18-20(13-15)30-24-22(18)23(25-19-6-4-5-16(2)17(19)3)26-21(27-24)14-28-9-11-29-12-10-28/h15-17,19H,4-14H2,1-3H3,(H,25,26,27)/t15-,16+,17-,19-/m0/s1. The third-order valence-corrected chi connectivity index (χ3v) is 8.85. The molecule has 1 saturated heterocycles. The molecule has 2 aliphatic carbocycles. The van der Waals surface area contributed by atoms with Gasteiger partial charge in [-0.15, -0.1) is 11.3 Å². The first kappa shape index (κ1) is 20.7. The predicted octanol–water partition coefficient (Wildman–Crippen LogP) is 4.88. The zero-order chi connectivity index (χ0) is 20.7. The highest BCUT2D eigenvalue weighted by Gasteiger charge is 2.30. The maximum absolute atomic E-state index is 5.53. The average Bonchev–Trinajstić information content (AvgIpc) is 3.09. The summed E-state index contributed by atoms with van der Waals surface area (Å²) in [6, 6.07) is 0.515. The number of ether oxygens (including phenoxy) is 1. The van der Waals surface area contributed by atoms with Crippen molar-refractivity contribution in [1.82, 2.24) is 14.9 Å². The van der Waals surface area contributed by atoms with Gasteiger partial charge < -0.3 is 10.1 Å². The third kappa shape index (κ3) is 4.11. The van der Waals surface area contributed by atoms with E-state index >= 15 is 0 Å². The van der Waals surface area contributed by atoms with Gasteiger partial charge in [0.2, 0.25) is 0 Å². The Morgan fingerprint density at radius 2 is 1.93 bits per heavy atom. The molecule has 1 aliphatic heterocycles. The van der Waals surface area contributed by atoms with Gasteiger partial charge in [-0.1, -0.05) is 33.6 Å². The number of fused-ring (bicyclic) bond motifs is 3. The molecule has 6 heteroatoms. The molecule has 2 aromatic heterocycles. The smallest absolute Gasteiger partial charge is 0.146 e. The number of hydrogen-bond donors (Lipinski definition) is 1. The monoisotopic (exact) mass is 428 g/mol. The van der Waals surface area contributed by atoms with Crippen molar-refractivity contribution in [2.24, 2.45) is 17.8 Å². The summed E-state index contributed by atoms with van der Waals surface area (Å²) >= 11 is 1.92. The summed E-state index contributed by atoms with van der Waals surface area (Å²) in [4.78, 5) is 15.4. The van der Waals surface area contributed by atoms with E-state index in [1.54, 1.807) is 4.88 Å². The van der Waals surface area contributed by atoms with E-state index < -0.39 is 0 Å². The van der Waals surface area contributed by atoms with Crippen LogP contribution in [0.3, 0.4) is 0 Å². The second-order valence-electron chi connectivity index (χ2n) is 9.93. The van der Waals surface area contributed by atoms with E-state index in [2.05, 4.69) is 31.0 Å². The summed E-state index contributed by atoms with van der Waals surface area (Å²) in [5.41, 5.74) is 1.53. The van der Waals surface area contributed by atoms with Crippen molar-refractivity contribution in [3.63, 3.8) is 0 Å². The Bertz CT molecular complexity index is 891. The van der Waals surface area contributed by atoms with Gasteiger partial charge in [0, 0.05) is 24.0 Å². The van der Waals surface area contributed by atoms with Gasteiger partial charge in [-0.25, -0.2) is 9.97 Å². The minimum atomic E-state index is 0.515. The van der Waals surface area contributed by atoms with Gasteiger partial charge in [0.1, 0.15) is 16.5 Å². The minimum Gasteiger partial charge on any atom is -0.379 e. The summed E-state index contributed by atoms with van der Waals surface area (Å²) in [7, 11) is 0. The fourth-order valence-corrected chi connectivity index (χ4v) is 6.88. The molecule has 3 aliphatic rings. The molecule has 2 aromatic rings. The van der Waals surface area contributed by atoms with Gasteiger partial charge >= 0.3 is 0 Å². The van der Waals surface area contributed by atoms with Gasteiger partial charge in [-0.05, 0) is 49.0 Å². The Labute approximate surface area is 184 Å². The fourth-order valence-electron chi connectivity index (χ4n) is 5.48. The van der Waals surface area contributed by atoms with Gasteiger partial charge in [-0.3, -0.25) is 4.90 Å². The van der Waals surface area contributed by atoms with Gasteiger partial charge in [0.25, 0.3) is 0 Å². The lowest BCUT2D eigenvalue weighted by Gasteiger charge is -2.35. The van der Waals surface area contributed by atoms with Crippen LogP contribution >= 0.6 is 11.3 Å². The van der Waals surface area contributed by atoms with Crippen LogP contribution in [0.2, 0.25) is 0 Å². The number of aromatic nitrogens is 2. The predicted molar refractivity (Wildman–Crippen MR) is 124 cm³/mol. The highest BCUT2D eigenvalue weighted by molar-refractivity contribution is 7.19. The number of thiophene rings is 1. The Balaban J connectivity index is 1.51. The lowest BCUT2D eigenvalue weighted by Crippen LogP contribution is -2.37. The Morgan fingerprint density at radius 3 is 2.77 bits per heavy atom. The Morgan fingerprint density at radius 1 is 1.10 bits per heavy atom. The molecule has 0 bridgehead atoms. The quantitative estimate of drug-likeness (QED) is 0.752. The summed E-state index contributed by atoms with van der Waals surface area (Å²) in [5, 5.41) is 5.27. The fraction of sp³-hybridized carbons (Fsp3) is 0.750. The molecule has 0 aromatic carbocycles. The molecule has 2 fully saturated rings. The highest BCUT2D eigenvalue weighted by atomic mass is 32.1. The zero-order valence-corrected chi connectivity index (χ0v) is 19.6. The van der Waals surface area contributed by atoms with Crippen molar-refractivity contribution in [3.8, 4) is 0 Å². The molecule has 1 saturated carbocycles. The molecule has 0 unspecified atom stereocenters. The first-order valence-corrected chi connectivity index (χ1v) is 12.8. The van der Waals surface area contributed by atoms with Crippen LogP contribution in [0.1, 0.15) is 62.7 Å². The molecule has 0 radical (unpaired) electrons. The Kier molecular flexibility index (Phi) is 6.00. The van der Waals surface area contributed by atoms with Crippen LogP contribution in [0.25, 0.3) is 10.2 Å². The number of aryl methyl sites for hydroxylation is 1. The topological polar surface area (TPSA) is 50.3 Å². The first-order chi connectivity index (χ1) is 14.6. The van der Waals surface area contributed by atoms with E-state index in [1.165, 1.54) is 54.3 Å². The number of rotatable bonds is 4. The summed E-state index contributed by atoms with van der Waals surface area (Å²) in [6.07, 6.45) is 7.58. The van der Waals surface area contributed by atoms with Crippen molar-refractivity contribution in [1.29, 1.82) is 0 Å². The van der Waals surface area contributed by atoms with Crippen molar-refractivity contribution < 1.29 is 4.74 Å². The number of nitrogens with zero attached hydrogens (tertiary/aromatic N) is 3. The molecular formula is C24H36N4OS. The maximum Gasteiger partial charge on any atom is 0.146 e. The van der Waals surface area contributed by atoms with Crippen molar-refractivity contribution in [3.05, 3.63) is 16.3 Å². The van der Waals surface area contributed by atoms with Crippen LogP contribution in [0.4, 0.5) is 5.82 Å². The molecule has 30 heavy (non-hydrogen) atoms. The second kappa shape index (κ2) is 8.71. The van der Waals surface area contributed by atoms with Crippen LogP contribution < -0.4 is 5.32 Å². The van der Waals surface area contributed by atoms with E-state index in [0.29, 0.717) is 12.0 Å². The SMILES string of the molecule is C[C@H]1CCc2c(sc3nc(CN4CCOCC4)nc(N[C@H]4CCC[C@@H](C)[C@@H]4C)c23)C1. The van der Waals surface area contributed by atoms with Crippen LogP contribution in [0, 0.1) is 17.8 Å². The number of morpholine rings is 1. The normalized spacial score (nSPS) is 30.4. The molecule has 1 N–H and O–H groups in total. The summed E-state index contributed by atoms with van der Waals surface area (Å²) < 4.78 is 5.53. The van der Waals surface area contributed by atoms with E-state index in [1.807, 2.05) is 11.3 Å². The first-order valence-electron chi connectivity index (χ1n) is 12.0. The summed E-state index contributed by atoms with van der Waals surface area (Å²) in [5.74, 6) is 4.32. The second-order valence-corrected chi connectivity index (χ2v) is 11.0. The molecule has 5 rings (SSSR count). The van der Waals surface area contributed by atoms with Crippen LogP contribution in [0.5, 0.6) is 0 Å². The van der Waals surface area contributed by atoms with E-state index in [-0.39, 0.29) is 0 Å². The molecule has 164 valence electrons. The van der Waals surface area contributed by atoms with E-state index in [0.717, 1.165) is 56.3 Å². The largest absolute Gasteiger partial charge is 0.379 e. The Hall–Kier alpha value is -1.24. The summed E-state index contributed by atoms with van der Waals surface area (Å²) in [6.45, 7) is 11.6. The van der Waals surface area contributed by atoms with Gasteiger partial charge in [0.15, 0.2) is 0 Å². The molecular weight excluding hydrogens is 392 g/mol. The van der Waals surface area contributed by atoms with Crippen LogP contribution in [0.15, 0.2) is 0 Å². The lowest BCUT2D eigenvalue weighted by molar-refractivity contribution is 0.0331. The van der Waals surface area contributed by atoms with E-state index in [9.17, 15) is 0 Å². The molecule has 5 nitrogen and oxygen atoms in total. The van der Waals surface area contributed by atoms with Crippen LogP contribution in [-0.4, -0.2) is 47.2 Å². The average molecular weight is 429 g/mol. The van der Waals surface area contributed by atoms with Crippen molar-refractivity contribution in [2.45, 2.75) is 71.9 Å². The molecule has 0 amide bonds. The molecule has 4 atom stereocenters. The number of anilines is 1. The van der Waals surface area contributed by atoms with Crippen molar-refractivity contribution in [2.75, 3.05) is 31.6 Å². The number of hydrogen-bond acceptors (Lipinski definition) is 6. The number of nitrogens with one attached hydrogen (secondary N) is 1. The maximum atomic E-state index is 5.53. The van der Waals surface area contributed by atoms with Gasteiger partial charge in [0.05, 0.1) is 25.1 Å². The highest BCUT2D eigenvalue weighted by Crippen LogP contribution is 2.41. The third-order valence-electron chi connectivity index (χ3n) is 7.70. The zero-order valence-electron chi connectivity index (χ0n) is 18.7. The molecule has 3 heterocycles.